The van der Waals surface area contributed by atoms with Crippen LogP contribution in [-0.2, 0) is 14.3 Å². The number of hydrogen-bond acceptors (Lipinski definition) is 4. The molecule has 1 aliphatic heterocycles. The van der Waals surface area contributed by atoms with Crippen molar-refractivity contribution in [1.29, 1.82) is 0 Å². The number of carbonyl (C=O) groups excluding carboxylic acids is 2. The first-order valence-corrected chi connectivity index (χ1v) is 12.8. The molecule has 0 aromatic carbocycles. The Morgan fingerprint density at radius 3 is 2.44 bits per heavy atom. The van der Waals surface area contributed by atoms with Crippen molar-refractivity contribution in [3.8, 4) is 0 Å². The third kappa shape index (κ3) is 9.97. The maximum atomic E-state index is 12.7. The number of ether oxygens (including phenoxy) is 1. The van der Waals surface area contributed by atoms with Gasteiger partial charge in [-0.2, -0.15) is 0 Å². The smallest absolute Gasteiger partial charge is 0.331 e. The van der Waals surface area contributed by atoms with E-state index in [0.717, 1.165) is 24.8 Å². The van der Waals surface area contributed by atoms with Crippen LogP contribution in [-0.4, -0.2) is 29.1 Å². The normalized spacial score (nSPS) is 24.2. The summed E-state index contributed by atoms with van der Waals surface area (Å²) in [5.41, 5.74) is 2.28. The highest BCUT2D eigenvalue weighted by Crippen LogP contribution is 2.22. The van der Waals surface area contributed by atoms with Gasteiger partial charge in [0.2, 0.25) is 0 Å². The predicted octanol–water partition coefficient (Wildman–Crippen LogP) is 6.77. The van der Waals surface area contributed by atoms with E-state index in [-0.39, 0.29) is 41.5 Å². The van der Waals surface area contributed by atoms with Crippen molar-refractivity contribution in [3.05, 3.63) is 59.8 Å². The van der Waals surface area contributed by atoms with Crippen LogP contribution in [0.1, 0.15) is 74.7 Å². The highest BCUT2D eigenvalue weighted by atomic mass is 16.5. The van der Waals surface area contributed by atoms with E-state index in [1.54, 1.807) is 0 Å². The molecule has 0 bridgehead atoms. The Bertz CT molecular complexity index is 814. The number of Topliss-reactive ketones (excluding diaryl/α,β-unsaturated/α-hetero) is 1. The molecule has 0 spiro atoms. The molecule has 1 aliphatic rings. The van der Waals surface area contributed by atoms with Gasteiger partial charge in [0, 0.05) is 23.8 Å². The SMILES string of the molecule is CCC(=C/[C@H](C)C/C=C/C(C)=C/[C@@H](C)C(=O)[C@@H](C)[C@H](O)[C@@H](C)CC)/C=C/[C@@H]1OC(=O)C=C[C@H]1C. The summed E-state index contributed by atoms with van der Waals surface area (Å²) in [6.45, 7) is 16.1. The maximum absolute atomic E-state index is 12.7. The molecule has 0 aromatic rings. The first-order chi connectivity index (χ1) is 16.0. The summed E-state index contributed by atoms with van der Waals surface area (Å²) < 4.78 is 5.39. The molecular weight excluding hydrogens is 424 g/mol. The Balaban J connectivity index is 2.67. The van der Waals surface area contributed by atoms with Crippen LogP contribution in [0.15, 0.2) is 59.8 Å². The lowest BCUT2D eigenvalue weighted by molar-refractivity contribution is -0.143. The van der Waals surface area contributed by atoms with Gasteiger partial charge in [-0.3, -0.25) is 4.79 Å². The zero-order chi connectivity index (χ0) is 25.8. The lowest BCUT2D eigenvalue weighted by Crippen LogP contribution is -2.33. The van der Waals surface area contributed by atoms with E-state index < -0.39 is 6.10 Å². The summed E-state index contributed by atoms with van der Waals surface area (Å²) in [5.74, 6) is -0.124. The topological polar surface area (TPSA) is 63.6 Å². The van der Waals surface area contributed by atoms with Gasteiger partial charge in [0.15, 0.2) is 0 Å². The highest BCUT2D eigenvalue weighted by Gasteiger charge is 2.28. The van der Waals surface area contributed by atoms with Gasteiger partial charge in [-0.15, -0.1) is 0 Å². The number of carbonyl (C=O) groups is 2. The number of allylic oxidation sites excluding steroid dienone is 7. The van der Waals surface area contributed by atoms with E-state index in [1.165, 1.54) is 11.6 Å². The van der Waals surface area contributed by atoms with E-state index >= 15 is 0 Å². The van der Waals surface area contributed by atoms with Gasteiger partial charge in [0.25, 0.3) is 0 Å². The Hall–Kier alpha value is -2.20. The average Bonchev–Trinajstić information content (AvgIpc) is 2.81. The van der Waals surface area contributed by atoms with E-state index in [2.05, 4.69) is 38.2 Å². The molecule has 0 aliphatic carbocycles. The third-order valence-corrected chi connectivity index (χ3v) is 6.75. The molecule has 0 radical (unpaired) electrons. The summed E-state index contributed by atoms with van der Waals surface area (Å²) in [5, 5.41) is 10.4. The fraction of sp³-hybridized carbons (Fsp3) is 0.600. The molecule has 0 saturated carbocycles. The van der Waals surface area contributed by atoms with Crippen molar-refractivity contribution in [1.82, 2.24) is 0 Å². The molecule has 190 valence electrons. The van der Waals surface area contributed by atoms with E-state index in [9.17, 15) is 14.7 Å². The highest BCUT2D eigenvalue weighted by molar-refractivity contribution is 5.85. The van der Waals surface area contributed by atoms with Crippen LogP contribution in [0.25, 0.3) is 0 Å². The van der Waals surface area contributed by atoms with Crippen molar-refractivity contribution < 1.29 is 19.4 Å². The van der Waals surface area contributed by atoms with Crippen molar-refractivity contribution in [2.45, 2.75) is 86.9 Å². The van der Waals surface area contributed by atoms with Gasteiger partial charge in [0.1, 0.15) is 11.9 Å². The fourth-order valence-corrected chi connectivity index (χ4v) is 4.10. The van der Waals surface area contributed by atoms with Gasteiger partial charge < -0.3 is 9.84 Å². The van der Waals surface area contributed by atoms with Gasteiger partial charge in [0.05, 0.1) is 6.10 Å². The number of cyclic esters (lactones) is 1. The van der Waals surface area contributed by atoms with Gasteiger partial charge in [-0.25, -0.2) is 4.79 Å². The van der Waals surface area contributed by atoms with Crippen molar-refractivity contribution >= 4 is 11.8 Å². The van der Waals surface area contributed by atoms with Crippen molar-refractivity contribution in [3.63, 3.8) is 0 Å². The standard InChI is InChI=1S/C30H46O4/c1-9-22(5)29(32)25(8)30(33)24(7)18-20(3)12-11-13-21(4)19-26(10-2)15-16-27-23(6)14-17-28(31)34-27/h11-12,14-19,21-25,27,29,32H,9-10,13H2,1-8H3/b12-11+,16-15+,20-18+,26-19-/t21-,22+,23-,24-,25+,27+,29-/m1/s1. The second kappa shape index (κ2) is 14.9. The molecule has 1 rings (SSSR count). The van der Waals surface area contributed by atoms with Crippen molar-refractivity contribution in [2.75, 3.05) is 0 Å². The summed E-state index contributed by atoms with van der Waals surface area (Å²) in [4.78, 5) is 24.2. The molecule has 1 heterocycles. The monoisotopic (exact) mass is 470 g/mol. The summed E-state index contributed by atoms with van der Waals surface area (Å²) >= 11 is 0. The molecule has 7 atom stereocenters. The molecule has 0 unspecified atom stereocenters. The molecular formula is C30H46O4. The number of aliphatic hydroxyl groups is 1. The molecule has 0 saturated heterocycles. The maximum Gasteiger partial charge on any atom is 0.331 e. The fourth-order valence-electron chi connectivity index (χ4n) is 4.10. The number of aliphatic hydroxyl groups excluding tert-OH is 1. The van der Waals surface area contributed by atoms with Crippen LogP contribution >= 0.6 is 0 Å². The minimum absolute atomic E-state index is 0.0877. The Morgan fingerprint density at radius 2 is 1.82 bits per heavy atom. The molecule has 34 heavy (non-hydrogen) atoms. The average molecular weight is 471 g/mol. The summed E-state index contributed by atoms with van der Waals surface area (Å²) in [6, 6.07) is 0. The van der Waals surface area contributed by atoms with E-state index in [0.29, 0.717) is 5.92 Å². The van der Waals surface area contributed by atoms with Crippen LogP contribution in [0.3, 0.4) is 0 Å². The Kier molecular flexibility index (Phi) is 13.1. The first kappa shape index (κ1) is 29.8. The largest absolute Gasteiger partial charge is 0.454 e. The van der Waals surface area contributed by atoms with Crippen molar-refractivity contribution in [2.24, 2.45) is 29.6 Å². The second-order valence-electron chi connectivity index (χ2n) is 9.96. The Morgan fingerprint density at radius 1 is 1.15 bits per heavy atom. The van der Waals surface area contributed by atoms with Crippen LogP contribution in [0, 0.1) is 29.6 Å². The van der Waals surface area contributed by atoms with Crippen LogP contribution in [0.2, 0.25) is 0 Å². The van der Waals surface area contributed by atoms with E-state index in [1.807, 2.05) is 59.8 Å². The van der Waals surface area contributed by atoms with Gasteiger partial charge in [-0.05, 0) is 37.7 Å². The summed E-state index contributed by atoms with van der Waals surface area (Å²) in [7, 11) is 0. The number of esters is 1. The number of rotatable bonds is 13. The Labute approximate surface area is 207 Å². The predicted molar refractivity (Wildman–Crippen MR) is 141 cm³/mol. The van der Waals surface area contributed by atoms with Gasteiger partial charge >= 0.3 is 5.97 Å². The third-order valence-electron chi connectivity index (χ3n) is 6.75. The zero-order valence-corrected chi connectivity index (χ0v) is 22.5. The van der Waals surface area contributed by atoms with Crippen LogP contribution < -0.4 is 0 Å². The molecule has 4 heteroatoms. The lowest BCUT2D eigenvalue weighted by Gasteiger charge is -2.24. The number of ketones is 1. The minimum Gasteiger partial charge on any atom is -0.454 e. The second-order valence-corrected chi connectivity index (χ2v) is 9.96. The van der Waals surface area contributed by atoms with Crippen LogP contribution in [0.4, 0.5) is 0 Å². The molecule has 0 amide bonds. The van der Waals surface area contributed by atoms with Gasteiger partial charge in [-0.1, -0.05) is 102 Å². The van der Waals surface area contributed by atoms with Crippen LogP contribution in [0.5, 0.6) is 0 Å². The summed E-state index contributed by atoms with van der Waals surface area (Å²) in [6.07, 6.45) is 17.8. The molecule has 4 nitrogen and oxygen atoms in total. The molecule has 1 N–H and O–H groups in total. The quantitative estimate of drug-likeness (QED) is 0.238. The zero-order valence-electron chi connectivity index (χ0n) is 22.5. The molecule has 0 aromatic heterocycles. The minimum atomic E-state index is -0.594. The lowest BCUT2D eigenvalue weighted by atomic mass is 9.84. The molecule has 0 fully saturated rings. The first-order valence-electron chi connectivity index (χ1n) is 12.8. The van der Waals surface area contributed by atoms with E-state index in [4.69, 9.17) is 4.74 Å². The number of hydrogen-bond donors (Lipinski definition) is 1.